The van der Waals surface area contributed by atoms with Crippen molar-refractivity contribution in [2.45, 2.75) is 27.7 Å². The predicted octanol–water partition coefficient (Wildman–Crippen LogP) is 2.83. The van der Waals surface area contributed by atoms with Crippen molar-refractivity contribution in [1.29, 1.82) is 0 Å². The number of amides is 1. The summed E-state index contributed by atoms with van der Waals surface area (Å²) >= 11 is 0. The Bertz CT molecular complexity index is 444. The van der Waals surface area contributed by atoms with Gasteiger partial charge in [0.1, 0.15) is 5.82 Å². The van der Waals surface area contributed by atoms with E-state index >= 15 is 0 Å². The summed E-state index contributed by atoms with van der Waals surface area (Å²) in [5.74, 6) is -0.422. The summed E-state index contributed by atoms with van der Waals surface area (Å²) in [6, 6.07) is 2.94. The van der Waals surface area contributed by atoms with E-state index in [1.807, 2.05) is 20.8 Å². The number of hydrogen-bond acceptors (Lipinski definition) is 2. The molecule has 1 aromatic rings. The van der Waals surface area contributed by atoms with Gasteiger partial charge in [0.15, 0.2) is 0 Å². The van der Waals surface area contributed by atoms with E-state index in [9.17, 15) is 9.18 Å². The Morgan fingerprint density at radius 2 is 2.06 bits per heavy atom. The van der Waals surface area contributed by atoms with Crippen LogP contribution < -0.4 is 5.73 Å². The molecule has 0 spiro atoms. The van der Waals surface area contributed by atoms with Gasteiger partial charge in [0.2, 0.25) is 0 Å². The average molecular weight is 252 g/mol. The molecule has 0 saturated heterocycles. The maximum absolute atomic E-state index is 14.0. The van der Waals surface area contributed by atoms with Crippen molar-refractivity contribution in [3.8, 4) is 0 Å². The maximum atomic E-state index is 14.0. The fraction of sp³-hybridized carbons (Fsp3) is 0.500. The summed E-state index contributed by atoms with van der Waals surface area (Å²) in [5.41, 5.74) is 6.55. The van der Waals surface area contributed by atoms with Gasteiger partial charge in [0.05, 0.1) is 5.56 Å². The second-order valence-electron chi connectivity index (χ2n) is 4.94. The van der Waals surface area contributed by atoms with Gasteiger partial charge in [-0.25, -0.2) is 4.39 Å². The molecule has 0 aromatic heterocycles. The monoisotopic (exact) mass is 252 g/mol. The van der Waals surface area contributed by atoms with Crippen molar-refractivity contribution in [1.82, 2.24) is 4.90 Å². The fourth-order valence-corrected chi connectivity index (χ4v) is 1.92. The normalized spacial score (nSPS) is 10.8. The van der Waals surface area contributed by atoms with Crippen molar-refractivity contribution in [3.05, 3.63) is 29.1 Å². The Balaban J connectivity index is 3.09. The van der Waals surface area contributed by atoms with Crippen LogP contribution in [0.25, 0.3) is 0 Å². The number of nitrogens with two attached hydrogens (primary N) is 1. The number of halogens is 1. The highest BCUT2D eigenvalue weighted by Gasteiger charge is 2.20. The first kappa shape index (κ1) is 14.5. The van der Waals surface area contributed by atoms with Crippen molar-refractivity contribution >= 4 is 11.6 Å². The van der Waals surface area contributed by atoms with Crippen molar-refractivity contribution in [2.24, 2.45) is 5.92 Å². The third kappa shape index (κ3) is 3.22. The molecule has 1 amide bonds. The molecule has 100 valence electrons. The number of benzene rings is 1. The number of hydrogen-bond donors (Lipinski definition) is 1. The smallest absolute Gasteiger partial charge is 0.256 e. The molecule has 18 heavy (non-hydrogen) atoms. The lowest BCUT2D eigenvalue weighted by Crippen LogP contribution is -2.34. The SMILES string of the molecule is CCN(CC(C)C)C(=O)c1cc(N)cc(C)c1F. The minimum Gasteiger partial charge on any atom is -0.399 e. The predicted molar refractivity (Wildman–Crippen MR) is 72.0 cm³/mol. The van der Waals surface area contributed by atoms with E-state index in [1.54, 1.807) is 11.8 Å². The minimum atomic E-state index is -0.476. The lowest BCUT2D eigenvalue weighted by atomic mass is 10.1. The number of anilines is 1. The minimum absolute atomic E-state index is 0.0648. The summed E-state index contributed by atoms with van der Waals surface area (Å²) in [4.78, 5) is 13.9. The van der Waals surface area contributed by atoms with Gasteiger partial charge in [-0.1, -0.05) is 13.8 Å². The number of carbonyl (C=O) groups is 1. The Labute approximate surface area is 108 Å². The summed E-state index contributed by atoms with van der Waals surface area (Å²) < 4.78 is 14.0. The van der Waals surface area contributed by atoms with E-state index in [0.717, 1.165) is 0 Å². The topological polar surface area (TPSA) is 46.3 Å². The number of aryl methyl sites for hydroxylation is 1. The largest absolute Gasteiger partial charge is 0.399 e. The molecule has 0 aliphatic heterocycles. The molecule has 0 radical (unpaired) electrons. The van der Waals surface area contributed by atoms with Gasteiger partial charge in [-0.05, 0) is 37.5 Å². The Morgan fingerprint density at radius 3 is 2.56 bits per heavy atom. The van der Waals surface area contributed by atoms with Crippen LogP contribution in [0.1, 0.15) is 36.7 Å². The average Bonchev–Trinajstić information content (AvgIpc) is 2.29. The Kier molecular flexibility index (Phi) is 4.70. The molecular weight excluding hydrogens is 231 g/mol. The van der Waals surface area contributed by atoms with E-state index in [1.165, 1.54) is 12.1 Å². The molecule has 0 heterocycles. The Morgan fingerprint density at radius 1 is 1.44 bits per heavy atom. The van der Waals surface area contributed by atoms with Crippen molar-refractivity contribution < 1.29 is 9.18 Å². The number of nitrogen functional groups attached to an aromatic ring is 1. The number of carbonyl (C=O) groups excluding carboxylic acids is 1. The zero-order valence-corrected chi connectivity index (χ0v) is 11.5. The molecule has 0 bridgehead atoms. The maximum Gasteiger partial charge on any atom is 0.256 e. The van der Waals surface area contributed by atoms with Crippen LogP contribution >= 0.6 is 0 Å². The van der Waals surface area contributed by atoms with Crippen LogP contribution in [0, 0.1) is 18.7 Å². The molecule has 1 aromatic carbocycles. The number of rotatable bonds is 4. The van der Waals surface area contributed by atoms with E-state index in [-0.39, 0.29) is 11.5 Å². The van der Waals surface area contributed by atoms with Gasteiger partial charge in [0, 0.05) is 18.8 Å². The fourth-order valence-electron chi connectivity index (χ4n) is 1.92. The molecule has 4 heteroatoms. The molecule has 1 rings (SSSR count). The first-order valence-electron chi connectivity index (χ1n) is 6.21. The zero-order valence-electron chi connectivity index (χ0n) is 11.5. The molecule has 0 unspecified atom stereocenters. The molecule has 3 nitrogen and oxygen atoms in total. The van der Waals surface area contributed by atoms with Gasteiger partial charge in [-0.15, -0.1) is 0 Å². The summed E-state index contributed by atoms with van der Waals surface area (Å²) in [6.07, 6.45) is 0. The summed E-state index contributed by atoms with van der Waals surface area (Å²) in [6.45, 7) is 8.72. The third-order valence-electron chi connectivity index (χ3n) is 2.76. The first-order valence-corrected chi connectivity index (χ1v) is 6.21. The zero-order chi connectivity index (χ0) is 13.9. The van der Waals surface area contributed by atoms with Gasteiger partial charge >= 0.3 is 0 Å². The molecule has 0 aliphatic rings. The number of nitrogens with zero attached hydrogens (tertiary/aromatic N) is 1. The highest BCUT2D eigenvalue weighted by Crippen LogP contribution is 2.19. The van der Waals surface area contributed by atoms with Crippen LogP contribution in [0.3, 0.4) is 0 Å². The summed E-state index contributed by atoms with van der Waals surface area (Å²) in [7, 11) is 0. The van der Waals surface area contributed by atoms with E-state index in [4.69, 9.17) is 5.73 Å². The highest BCUT2D eigenvalue weighted by molar-refractivity contribution is 5.95. The quantitative estimate of drug-likeness (QED) is 0.837. The van der Waals surface area contributed by atoms with Gasteiger partial charge in [0.25, 0.3) is 5.91 Å². The molecular formula is C14H21FN2O. The molecule has 0 fully saturated rings. The van der Waals surface area contributed by atoms with Crippen LogP contribution in [0.15, 0.2) is 12.1 Å². The third-order valence-corrected chi connectivity index (χ3v) is 2.76. The standard InChI is InChI=1S/C14H21FN2O/c1-5-17(8-9(2)3)14(18)12-7-11(16)6-10(4)13(12)15/h6-7,9H,5,8,16H2,1-4H3. The van der Waals surface area contributed by atoms with Crippen molar-refractivity contribution in [3.63, 3.8) is 0 Å². The lowest BCUT2D eigenvalue weighted by Gasteiger charge is -2.23. The molecule has 0 aliphatic carbocycles. The van der Waals surface area contributed by atoms with Gasteiger partial charge in [-0.2, -0.15) is 0 Å². The molecule has 0 saturated carbocycles. The van der Waals surface area contributed by atoms with Gasteiger partial charge in [-0.3, -0.25) is 4.79 Å². The summed E-state index contributed by atoms with van der Waals surface area (Å²) in [5, 5.41) is 0. The van der Waals surface area contributed by atoms with Gasteiger partial charge < -0.3 is 10.6 Å². The second kappa shape index (κ2) is 5.85. The lowest BCUT2D eigenvalue weighted by molar-refractivity contribution is 0.0741. The van der Waals surface area contributed by atoms with Crippen LogP contribution in [-0.2, 0) is 0 Å². The second-order valence-corrected chi connectivity index (χ2v) is 4.94. The molecule has 2 N–H and O–H groups in total. The van der Waals surface area contributed by atoms with Crippen LogP contribution in [0.4, 0.5) is 10.1 Å². The Hall–Kier alpha value is -1.58. The van der Waals surface area contributed by atoms with Crippen LogP contribution in [-0.4, -0.2) is 23.9 Å². The van der Waals surface area contributed by atoms with E-state index in [2.05, 4.69) is 0 Å². The first-order chi connectivity index (χ1) is 8.36. The van der Waals surface area contributed by atoms with E-state index in [0.29, 0.717) is 30.3 Å². The van der Waals surface area contributed by atoms with Crippen LogP contribution in [0.5, 0.6) is 0 Å². The van der Waals surface area contributed by atoms with Crippen LogP contribution in [0.2, 0.25) is 0 Å². The van der Waals surface area contributed by atoms with Crippen molar-refractivity contribution in [2.75, 3.05) is 18.8 Å². The highest BCUT2D eigenvalue weighted by atomic mass is 19.1. The molecule has 0 atom stereocenters. The van der Waals surface area contributed by atoms with E-state index < -0.39 is 5.82 Å².